The lowest BCUT2D eigenvalue weighted by molar-refractivity contribution is 0.540. The number of thiophene rings is 1. The van der Waals surface area contributed by atoms with Crippen LogP contribution in [-0.2, 0) is 13.0 Å². The van der Waals surface area contributed by atoms with Crippen molar-refractivity contribution in [2.75, 3.05) is 0 Å². The average molecular weight is 311 g/mol. The Kier molecular flexibility index (Phi) is 4.71. The third-order valence-corrected chi connectivity index (χ3v) is 3.70. The first kappa shape index (κ1) is 12.7. The van der Waals surface area contributed by atoms with Crippen molar-refractivity contribution in [2.45, 2.75) is 25.9 Å². The van der Waals surface area contributed by atoms with E-state index in [1.807, 2.05) is 18.2 Å². The molecule has 0 aliphatic heterocycles. The van der Waals surface area contributed by atoms with Gasteiger partial charge in [0, 0.05) is 12.6 Å². The van der Waals surface area contributed by atoms with Gasteiger partial charge in [-0.25, -0.2) is 4.98 Å². The summed E-state index contributed by atoms with van der Waals surface area (Å²) in [6.45, 7) is 3.01. The number of hydrogen-bond donors (Lipinski definition) is 1. The van der Waals surface area contributed by atoms with Crippen molar-refractivity contribution in [1.82, 2.24) is 10.3 Å². The monoisotopic (exact) mass is 310 g/mol. The fourth-order valence-electron chi connectivity index (χ4n) is 1.66. The maximum atomic E-state index is 4.40. The van der Waals surface area contributed by atoms with E-state index in [-0.39, 0.29) is 0 Å². The summed E-state index contributed by atoms with van der Waals surface area (Å²) in [6, 6.07) is 8.64. The highest BCUT2D eigenvalue weighted by Gasteiger charge is 2.04. The fourth-order valence-corrected chi connectivity index (χ4v) is 2.72. The molecule has 90 valence electrons. The minimum absolute atomic E-state index is 0.463. The molecule has 2 aromatic rings. The topological polar surface area (TPSA) is 24.9 Å². The highest BCUT2D eigenvalue weighted by molar-refractivity contribution is 9.10. The van der Waals surface area contributed by atoms with Gasteiger partial charge in [0.2, 0.25) is 0 Å². The largest absolute Gasteiger partial charge is 0.308 e. The van der Waals surface area contributed by atoms with Gasteiger partial charge in [0.15, 0.2) is 0 Å². The Balaban J connectivity index is 1.82. The van der Waals surface area contributed by atoms with E-state index in [1.165, 1.54) is 5.56 Å². The summed E-state index contributed by atoms with van der Waals surface area (Å²) in [4.78, 5) is 4.40. The molecule has 1 atom stereocenters. The SMILES string of the molecule is CC(Cc1ccsc1)NCc1cccc(Br)n1. The van der Waals surface area contributed by atoms with Gasteiger partial charge in [0.1, 0.15) is 4.60 Å². The van der Waals surface area contributed by atoms with E-state index < -0.39 is 0 Å². The molecule has 0 aliphatic carbocycles. The van der Waals surface area contributed by atoms with Crippen molar-refractivity contribution >= 4 is 27.3 Å². The molecule has 0 bridgehead atoms. The number of rotatable bonds is 5. The van der Waals surface area contributed by atoms with Crippen molar-refractivity contribution in [1.29, 1.82) is 0 Å². The van der Waals surface area contributed by atoms with Crippen LogP contribution in [0.2, 0.25) is 0 Å². The van der Waals surface area contributed by atoms with Crippen molar-refractivity contribution < 1.29 is 0 Å². The molecule has 1 unspecified atom stereocenters. The molecule has 0 amide bonds. The third-order valence-electron chi connectivity index (χ3n) is 2.53. The Labute approximate surface area is 114 Å². The van der Waals surface area contributed by atoms with Crippen LogP contribution in [0.25, 0.3) is 0 Å². The van der Waals surface area contributed by atoms with Crippen LogP contribution in [0.1, 0.15) is 18.2 Å². The number of pyridine rings is 1. The molecule has 1 N–H and O–H groups in total. The number of aromatic nitrogens is 1. The second kappa shape index (κ2) is 6.28. The van der Waals surface area contributed by atoms with Gasteiger partial charge in [-0.15, -0.1) is 0 Å². The number of nitrogens with one attached hydrogen (secondary N) is 1. The first-order chi connectivity index (χ1) is 8.24. The second-order valence-electron chi connectivity index (χ2n) is 4.07. The van der Waals surface area contributed by atoms with Crippen molar-refractivity contribution in [3.8, 4) is 0 Å². The van der Waals surface area contributed by atoms with Gasteiger partial charge in [-0.3, -0.25) is 0 Å². The Bertz CT molecular complexity index is 456. The summed E-state index contributed by atoms with van der Waals surface area (Å²) < 4.78 is 0.891. The molecule has 2 heterocycles. The van der Waals surface area contributed by atoms with Crippen LogP contribution in [-0.4, -0.2) is 11.0 Å². The van der Waals surface area contributed by atoms with Crippen LogP contribution in [0.3, 0.4) is 0 Å². The highest BCUT2D eigenvalue weighted by atomic mass is 79.9. The van der Waals surface area contributed by atoms with Crippen LogP contribution in [0.15, 0.2) is 39.6 Å². The van der Waals surface area contributed by atoms with E-state index in [0.717, 1.165) is 23.3 Å². The first-order valence-corrected chi connectivity index (χ1v) is 7.33. The van der Waals surface area contributed by atoms with E-state index >= 15 is 0 Å². The molecule has 0 aromatic carbocycles. The summed E-state index contributed by atoms with van der Waals surface area (Å²) >= 11 is 5.13. The molecule has 0 saturated heterocycles. The van der Waals surface area contributed by atoms with Crippen LogP contribution in [0.4, 0.5) is 0 Å². The van der Waals surface area contributed by atoms with Crippen LogP contribution >= 0.6 is 27.3 Å². The van der Waals surface area contributed by atoms with Crippen LogP contribution in [0.5, 0.6) is 0 Å². The Hall–Kier alpha value is -0.710. The minimum Gasteiger partial charge on any atom is -0.308 e. The maximum absolute atomic E-state index is 4.40. The molecule has 2 rings (SSSR count). The minimum atomic E-state index is 0.463. The third kappa shape index (κ3) is 4.22. The van der Waals surface area contributed by atoms with Gasteiger partial charge < -0.3 is 5.32 Å². The van der Waals surface area contributed by atoms with Gasteiger partial charge in [0.05, 0.1) is 5.69 Å². The van der Waals surface area contributed by atoms with Gasteiger partial charge in [-0.05, 0) is 63.8 Å². The molecule has 2 aromatic heterocycles. The fraction of sp³-hybridized carbons (Fsp3) is 0.308. The zero-order valence-corrected chi connectivity index (χ0v) is 12.1. The predicted octanol–water partition coefficient (Wildman–Crippen LogP) is 3.63. The van der Waals surface area contributed by atoms with E-state index in [1.54, 1.807) is 11.3 Å². The normalized spacial score (nSPS) is 12.6. The lowest BCUT2D eigenvalue weighted by Crippen LogP contribution is -2.27. The Morgan fingerprint density at radius 3 is 3.00 bits per heavy atom. The smallest absolute Gasteiger partial charge is 0.106 e. The summed E-state index contributed by atoms with van der Waals surface area (Å²) in [7, 11) is 0. The van der Waals surface area contributed by atoms with Crippen molar-refractivity contribution in [3.05, 3.63) is 50.9 Å². The molecular weight excluding hydrogens is 296 g/mol. The van der Waals surface area contributed by atoms with Gasteiger partial charge in [0.25, 0.3) is 0 Å². The Morgan fingerprint density at radius 2 is 2.29 bits per heavy atom. The molecule has 0 fully saturated rings. The van der Waals surface area contributed by atoms with E-state index in [0.29, 0.717) is 6.04 Å². The average Bonchev–Trinajstić information content (AvgIpc) is 2.79. The number of nitrogens with zero attached hydrogens (tertiary/aromatic N) is 1. The molecule has 0 aliphatic rings. The maximum Gasteiger partial charge on any atom is 0.106 e. The quantitative estimate of drug-likeness (QED) is 0.853. The lowest BCUT2D eigenvalue weighted by atomic mass is 10.1. The summed E-state index contributed by atoms with van der Waals surface area (Å²) in [5, 5.41) is 7.81. The molecule has 0 saturated carbocycles. The predicted molar refractivity (Wildman–Crippen MR) is 76.3 cm³/mol. The summed E-state index contributed by atoms with van der Waals surface area (Å²) in [5.41, 5.74) is 2.47. The second-order valence-corrected chi connectivity index (χ2v) is 5.66. The zero-order valence-electron chi connectivity index (χ0n) is 9.69. The molecule has 2 nitrogen and oxygen atoms in total. The lowest BCUT2D eigenvalue weighted by Gasteiger charge is -2.12. The van der Waals surface area contributed by atoms with Gasteiger partial charge in [-0.1, -0.05) is 6.07 Å². The molecule has 17 heavy (non-hydrogen) atoms. The van der Waals surface area contributed by atoms with Crippen LogP contribution in [0, 0.1) is 0 Å². The van der Waals surface area contributed by atoms with E-state index in [4.69, 9.17) is 0 Å². The van der Waals surface area contributed by atoms with E-state index in [2.05, 4.69) is 50.0 Å². The highest BCUT2D eigenvalue weighted by Crippen LogP contribution is 2.09. The number of hydrogen-bond acceptors (Lipinski definition) is 3. The first-order valence-electron chi connectivity index (χ1n) is 5.60. The summed E-state index contributed by atoms with van der Waals surface area (Å²) in [5.74, 6) is 0. The van der Waals surface area contributed by atoms with Crippen LogP contribution < -0.4 is 5.32 Å². The molecule has 0 radical (unpaired) electrons. The van der Waals surface area contributed by atoms with Crippen molar-refractivity contribution in [3.63, 3.8) is 0 Å². The molecular formula is C13H15BrN2S. The molecule has 0 spiro atoms. The summed E-state index contributed by atoms with van der Waals surface area (Å²) in [6.07, 6.45) is 1.07. The molecule has 4 heteroatoms. The zero-order chi connectivity index (χ0) is 12.1. The van der Waals surface area contributed by atoms with Gasteiger partial charge >= 0.3 is 0 Å². The number of halogens is 1. The van der Waals surface area contributed by atoms with Gasteiger partial charge in [-0.2, -0.15) is 11.3 Å². The van der Waals surface area contributed by atoms with Crippen molar-refractivity contribution in [2.24, 2.45) is 0 Å². The Morgan fingerprint density at radius 1 is 1.41 bits per heavy atom. The van der Waals surface area contributed by atoms with E-state index in [9.17, 15) is 0 Å². The standard InChI is InChI=1S/C13H15BrN2S/c1-10(7-11-5-6-17-9-11)15-8-12-3-2-4-13(14)16-12/h2-6,9-10,15H,7-8H2,1H3.